The van der Waals surface area contributed by atoms with Crippen molar-refractivity contribution in [3.63, 3.8) is 0 Å². The normalized spacial score (nSPS) is 11.5. The first-order chi connectivity index (χ1) is 6.73. The molecular weight excluding hydrogens is 214 g/mol. The van der Waals surface area contributed by atoms with Gasteiger partial charge in [-0.3, -0.25) is 4.79 Å². The summed E-state index contributed by atoms with van der Waals surface area (Å²) in [4.78, 5) is 10.9. The van der Waals surface area contributed by atoms with Crippen LogP contribution in [-0.2, 0) is 6.18 Å². The molecule has 0 aliphatic carbocycles. The maximum absolute atomic E-state index is 13.0. The van der Waals surface area contributed by atoms with Gasteiger partial charge in [0.05, 0.1) is 0 Å². The lowest BCUT2D eigenvalue weighted by atomic mass is 10.0. The molecule has 0 radical (unpaired) electrons. The van der Waals surface area contributed by atoms with Gasteiger partial charge in [0.1, 0.15) is 11.4 Å². The van der Waals surface area contributed by atoms with Crippen LogP contribution in [0.3, 0.4) is 0 Å². The summed E-state index contributed by atoms with van der Waals surface area (Å²) in [7, 11) is 0. The molecule has 2 N–H and O–H groups in total. The van der Waals surface area contributed by atoms with E-state index in [0.29, 0.717) is 6.07 Å². The summed E-state index contributed by atoms with van der Waals surface area (Å²) in [5.74, 6) is -2.42. The first-order valence-corrected chi connectivity index (χ1v) is 3.90. The Kier molecular flexibility index (Phi) is 2.70. The Bertz CT molecular complexity index is 411. The molecule has 0 aromatic heterocycles. The van der Waals surface area contributed by atoms with E-state index in [9.17, 15) is 22.4 Å². The summed E-state index contributed by atoms with van der Waals surface area (Å²) in [6, 6.07) is 1.35. The Morgan fingerprint density at radius 2 is 1.87 bits per heavy atom. The number of Topliss-reactive ketones (excluding diaryl/α,β-unsaturated/α-hetero) is 1. The molecule has 6 heteroatoms. The van der Waals surface area contributed by atoms with E-state index in [2.05, 4.69) is 0 Å². The van der Waals surface area contributed by atoms with Gasteiger partial charge in [0.15, 0.2) is 5.78 Å². The SMILES string of the molecule is CC(=O)c1cc(N)cc(F)c1C(F)(F)F. The molecule has 15 heavy (non-hydrogen) atoms. The van der Waals surface area contributed by atoms with Crippen molar-refractivity contribution in [2.24, 2.45) is 0 Å². The van der Waals surface area contributed by atoms with Crippen LogP contribution in [0.1, 0.15) is 22.8 Å². The third-order valence-electron chi connectivity index (χ3n) is 1.78. The first kappa shape index (κ1) is 11.5. The fourth-order valence-electron chi connectivity index (χ4n) is 1.19. The highest BCUT2D eigenvalue weighted by Gasteiger charge is 2.38. The Balaban J connectivity index is 3.55. The molecule has 82 valence electrons. The molecule has 0 aliphatic heterocycles. The number of carbonyl (C=O) groups is 1. The van der Waals surface area contributed by atoms with E-state index < -0.39 is 28.9 Å². The Morgan fingerprint density at radius 3 is 2.27 bits per heavy atom. The largest absolute Gasteiger partial charge is 0.419 e. The Labute approximate surface area is 82.7 Å². The van der Waals surface area contributed by atoms with E-state index in [1.165, 1.54) is 0 Å². The quantitative estimate of drug-likeness (QED) is 0.450. The zero-order valence-corrected chi connectivity index (χ0v) is 7.65. The maximum atomic E-state index is 13.0. The standard InChI is InChI=1S/C9H7F4NO/c1-4(15)6-2-5(14)3-7(10)8(6)9(11,12)13/h2-3H,14H2,1H3. The molecule has 0 fully saturated rings. The number of halogens is 4. The van der Waals surface area contributed by atoms with Crippen LogP contribution in [0.25, 0.3) is 0 Å². The Hall–Kier alpha value is -1.59. The van der Waals surface area contributed by atoms with Crippen LogP contribution in [0, 0.1) is 5.82 Å². The lowest BCUT2D eigenvalue weighted by Crippen LogP contribution is -2.15. The number of anilines is 1. The minimum absolute atomic E-state index is 0.217. The molecule has 0 unspecified atom stereocenters. The van der Waals surface area contributed by atoms with E-state index in [4.69, 9.17) is 5.73 Å². The van der Waals surface area contributed by atoms with Gasteiger partial charge >= 0.3 is 6.18 Å². The second-order valence-electron chi connectivity index (χ2n) is 2.98. The van der Waals surface area contributed by atoms with E-state index >= 15 is 0 Å². The molecule has 0 amide bonds. The number of nitrogen functional groups attached to an aromatic ring is 1. The predicted molar refractivity (Wildman–Crippen MR) is 45.8 cm³/mol. The van der Waals surface area contributed by atoms with E-state index in [-0.39, 0.29) is 5.69 Å². The summed E-state index contributed by atoms with van der Waals surface area (Å²) in [5, 5.41) is 0. The molecule has 0 aliphatic rings. The van der Waals surface area contributed by atoms with Gasteiger partial charge in [0.2, 0.25) is 0 Å². The third kappa shape index (κ3) is 2.26. The van der Waals surface area contributed by atoms with Gasteiger partial charge in [-0.1, -0.05) is 0 Å². The van der Waals surface area contributed by atoms with Gasteiger partial charge in [-0.05, 0) is 19.1 Å². The molecule has 1 aromatic carbocycles. The van der Waals surface area contributed by atoms with Crippen LogP contribution in [0.5, 0.6) is 0 Å². The number of rotatable bonds is 1. The van der Waals surface area contributed by atoms with Crippen molar-refractivity contribution in [1.29, 1.82) is 0 Å². The number of alkyl halides is 3. The van der Waals surface area contributed by atoms with Crippen molar-refractivity contribution >= 4 is 11.5 Å². The van der Waals surface area contributed by atoms with Crippen LogP contribution >= 0.6 is 0 Å². The van der Waals surface area contributed by atoms with Crippen molar-refractivity contribution in [2.45, 2.75) is 13.1 Å². The van der Waals surface area contributed by atoms with E-state index in [1.807, 2.05) is 0 Å². The van der Waals surface area contributed by atoms with Gasteiger partial charge in [0, 0.05) is 11.3 Å². The smallest absolute Gasteiger partial charge is 0.399 e. The summed E-state index contributed by atoms with van der Waals surface area (Å²) >= 11 is 0. The minimum atomic E-state index is -4.90. The molecule has 2 nitrogen and oxygen atoms in total. The third-order valence-corrected chi connectivity index (χ3v) is 1.78. The first-order valence-electron chi connectivity index (χ1n) is 3.90. The van der Waals surface area contributed by atoms with Crippen LogP contribution < -0.4 is 5.73 Å². The average Bonchev–Trinajstić information content (AvgIpc) is 1.99. The number of nitrogens with two attached hydrogens (primary N) is 1. The highest BCUT2D eigenvalue weighted by Crippen LogP contribution is 2.35. The van der Waals surface area contributed by atoms with Crippen molar-refractivity contribution in [3.8, 4) is 0 Å². The zero-order valence-electron chi connectivity index (χ0n) is 7.65. The molecule has 0 atom stereocenters. The van der Waals surface area contributed by atoms with E-state index in [0.717, 1.165) is 13.0 Å². The molecule has 0 saturated heterocycles. The van der Waals surface area contributed by atoms with Crippen molar-refractivity contribution in [2.75, 3.05) is 5.73 Å². The summed E-state index contributed by atoms with van der Waals surface area (Å²) < 4.78 is 50.1. The van der Waals surface area contributed by atoms with Crippen molar-refractivity contribution in [1.82, 2.24) is 0 Å². The number of carbonyl (C=O) groups excluding carboxylic acids is 1. The number of benzene rings is 1. The molecule has 1 rings (SSSR count). The summed E-state index contributed by atoms with van der Waals surface area (Å²) in [5.41, 5.74) is 2.62. The minimum Gasteiger partial charge on any atom is -0.399 e. The molecular formula is C9H7F4NO. The van der Waals surface area contributed by atoms with Gasteiger partial charge < -0.3 is 5.73 Å². The molecule has 0 saturated carbocycles. The lowest BCUT2D eigenvalue weighted by Gasteiger charge is -2.12. The number of hydrogen-bond donors (Lipinski definition) is 1. The Morgan fingerprint density at radius 1 is 1.33 bits per heavy atom. The number of ketones is 1. The fourth-order valence-corrected chi connectivity index (χ4v) is 1.19. The van der Waals surface area contributed by atoms with Gasteiger partial charge in [-0.2, -0.15) is 13.2 Å². The van der Waals surface area contributed by atoms with Crippen LogP contribution in [0.2, 0.25) is 0 Å². The molecule has 0 heterocycles. The summed E-state index contributed by atoms with van der Waals surface area (Å²) in [6.07, 6.45) is -4.90. The van der Waals surface area contributed by atoms with Crippen molar-refractivity contribution in [3.05, 3.63) is 29.1 Å². The predicted octanol–water partition coefficient (Wildman–Crippen LogP) is 2.63. The highest BCUT2D eigenvalue weighted by molar-refractivity contribution is 5.96. The second kappa shape index (κ2) is 3.52. The van der Waals surface area contributed by atoms with Crippen LogP contribution in [0.4, 0.5) is 23.2 Å². The topological polar surface area (TPSA) is 43.1 Å². The van der Waals surface area contributed by atoms with Gasteiger partial charge in [0.25, 0.3) is 0 Å². The zero-order chi connectivity index (χ0) is 11.8. The molecule has 1 aromatic rings. The average molecular weight is 221 g/mol. The lowest BCUT2D eigenvalue weighted by molar-refractivity contribution is -0.140. The maximum Gasteiger partial charge on any atom is 0.419 e. The highest BCUT2D eigenvalue weighted by atomic mass is 19.4. The van der Waals surface area contributed by atoms with Crippen LogP contribution in [0.15, 0.2) is 12.1 Å². The fraction of sp³-hybridized carbons (Fsp3) is 0.222. The molecule has 0 spiro atoms. The van der Waals surface area contributed by atoms with Gasteiger partial charge in [-0.25, -0.2) is 4.39 Å². The molecule has 0 bridgehead atoms. The number of hydrogen-bond acceptors (Lipinski definition) is 2. The van der Waals surface area contributed by atoms with Crippen molar-refractivity contribution < 1.29 is 22.4 Å². The summed E-state index contributed by atoms with van der Waals surface area (Å²) in [6.45, 7) is 0.920. The van der Waals surface area contributed by atoms with Gasteiger partial charge in [-0.15, -0.1) is 0 Å². The van der Waals surface area contributed by atoms with E-state index in [1.54, 1.807) is 0 Å². The second-order valence-corrected chi connectivity index (χ2v) is 2.98. The van der Waals surface area contributed by atoms with Crippen LogP contribution in [-0.4, -0.2) is 5.78 Å². The monoisotopic (exact) mass is 221 g/mol.